The fraction of sp³-hybridized carbons (Fsp3) is 0. The van der Waals surface area contributed by atoms with Gasteiger partial charge in [0.2, 0.25) is 0 Å². The van der Waals surface area contributed by atoms with Crippen LogP contribution in [0.1, 0.15) is 11.3 Å². The van der Waals surface area contributed by atoms with Crippen molar-refractivity contribution in [3.8, 4) is 17.4 Å². The summed E-state index contributed by atoms with van der Waals surface area (Å²) < 4.78 is 5.63. The number of thioether (sulfide) groups is 1. The van der Waals surface area contributed by atoms with Crippen LogP contribution < -0.4 is 5.32 Å². The topological polar surface area (TPSA) is 83.1 Å². The number of nitriles is 1. The zero-order valence-corrected chi connectivity index (χ0v) is 11.4. The molecule has 1 aromatic carbocycles. The summed E-state index contributed by atoms with van der Waals surface area (Å²) in [6.07, 6.45) is 1.50. The summed E-state index contributed by atoms with van der Waals surface area (Å²) in [5.74, 6) is 0.555. The van der Waals surface area contributed by atoms with Crippen molar-refractivity contribution in [2.24, 2.45) is 0 Å². The summed E-state index contributed by atoms with van der Waals surface area (Å²) in [5.41, 5.74) is 1.19. The third-order valence-corrected chi connectivity index (χ3v) is 3.67. The lowest BCUT2D eigenvalue weighted by Crippen LogP contribution is -2.17. The van der Waals surface area contributed by atoms with Crippen LogP contribution in [0, 0.1) is 11.3 Å². The molecular formula is C15H8N2O3S. The van der Waals surface area contributed by atoms with Gasteiger partial charge in [0.25, 0.3) is 11.1 Å². The van der Waals surface area contributed by atoms with Crippen molar-refractivity contribution >= 4 is 29.0 Å². The van der Waals surface area contributed by atoms with Crippen LogP contribution in [-0.2, 0) is 4.79 Å². The van der Waals surface area contributed by atoms with Crippen molar-refractivity contribution in [2.75, 3.05) is 0 Å². The Bertz CT molecular complexity index is 814. The highest BCUT2D eigenvalue weighted by Gasteiger charge is 2.25. The number of nitrogens with one attached hydrogen (secondary N) is 1. The molecule has 102 valence electrons. The highest BCUT2D eigenvalue weighted by atomic mass is 32.2. The SMILES string of the molecule is N#Cc1ccccc1-c1ccc(/C=C2/SC(=O)NC2=O)o1. The fourth-order valence-corrected chi connectivity index (χ4v) is 2.58. The number of amides is 2. The summed E-state index contributed by atoms with van der Waals surface area (Å²) in [7, 11) is 0. The van der Waals surface area contributed by atoms with Gasteiger partial charge in [-0.15, -0.1) is 0 Å². The van der Waals surface area contributed by atoms with E-state index >= 15 is 0 Å². The first-order chi connectivity index (χ1) is 10.2. The maximum absolute atomic E-state index is 11.5. The maximum Gasteiger partial charge on any atom is 0.290 e. The van der Waals surface area contributed by atoms with Gasteiger partial charge in [-0.05, 0) is 36.0 Å². The molecule has 1 N–H and O–H groups in total. The number of furan rings is 1. The van der Waals surface area contributed by atoms with Gasteiger partial charge in [0.05, 0.1) is 16.5 Å². The molecule has 1 aliphatic heterocycles. The Morgan fingerprint density at radius 1 is 1.19 bits per heavy atom. The van der Waals surface area contributed by atoms with E-state index in [-0.39, 0.29) is 4.91 Å². The van der Waals surface area contributed by atoms with Gasteiger partial charge in [-0.2, -0.15) is 5.26 Å². The van der Waals surface area contributed by atoms with Gasteiger partial charge in [0.1, 0.15) is 11.5 Å². The van der Waals surface area contributed by atoms with Crippen molar-refractivity contribution in [1.29, 1.82) is 5.26 Å². The monoisotopic (exact) mass is 296 g/mol. The lowest BCUT2D eigenvalue weighted by atomic mass is 10.1. The molecule has 21 heavy (non-hydrogen) atoms. The average molecular weight is 296 g/mol. The number of imide groups is 1. The second kappa shape index (κ2) is 5.31. The first kappa shape index (κ1) is 13.2. The molecular weight excluding hydrogens is 288 g/mol. The Kier molecular flexibility index (Phi) is 3.34. The van der Waals surface area contributed by atoms with E-state index in [0.717, 1.165) is 11.8 Å². The van der Waals surface area contributed by atoms with Crippen LogP contribution in [0.5, 0.6) is 0 Å². The van der Waals surface area contributed by atoms with Gasteiger partial charge in [-0.1, -0.05) is 12.1 Å². The molecule has 2 amide bonds. The van der Waals surface area contributed by atoms with Crippen molar-refractivity contribution in [1.82, 2.24) is 5.32 Å². The van der Waals surface area contributed by atoms with Gasteiger partial charge in [0, 0.05) is 11.6 Å². The summed E-state index contributed by atoms with van der Waals surface area (Å²) in [6.45, 7) is 0. The van der Waals surface area contributed by atoms with E-state index in [9.17, 15) is 9.59 Å². The van der Waals surface area contributed by atoms with Gasteiger partial charge >= 0.3 is 0 Å². The van der Waals surface area contributed by atoms with Crippen LogP contribution in [0.4, 0.5) is 4.79 Å². The molecule has 0 saturated carbocycles. The number of carbonyl (C=O) groups excluding carboxylic acids is 2. The largest absolute Gasteiger partial charge is 0.457 e. The van der Waals surface area contributed by atoms with Crippen molar-refractivity contribution in [3.63, 3.8) is 0 Å². The summed E-state index contributed by atoms with van der Waals surface area (Å²) in [6, 6.07) is 12.6. The number of hydrogen-bond acceptors (Lipinski definition) is 5. The maximum atomic E-state index is 11.5. The molecule has 1 aliphatic rings. The average Bonchev–Trinajstić information content (AvgIpc) is 3.06. The van der Waals surface area contributed by atoms with Crippen molar-refractivity contribution < 1.29 is 14.0 Å². The molecule has 3 rings (SSSR count). The van der Waals surface area contributed by atoms with Crippen LogP contribution in [-0.4, -0.2) is 11.1 Å². The van der Waals surface area contributed by atoms with Gasteiger partial charge in [0.15, 0.2) is 0 Å². The Morgan fingerprint density at radius 2 is 2.00 bits per heavy atom. The minimum Gasteiger partial charge on any atom is -0.457 e. The van der Waals surface area contributed by atoms with E-state index in [1.165, 1.54) is 6.08 Å². The molecule has 1 aromatic heterocycles. The van der Waals surface area contributed by atoms with Crippen LogP contribution in [0.3, 0.4) is 0 Å². The van der Waals surface area contributed by atoms with Gasteiger partial charge < -0.3 is 4.42 Å². The number of hydrogen-bond donors (Lipinski definition) is 1. The molecule has 5 nitrogen and oxygen atoms in total. The van der Waals surface area contributed by atoms with E-state index in [1.807, 2.05) is 6.07 Å². The van der Waals surface area contributed by atoms with Crippen LogP contribution >= 0.6 is 11.8 Å². The Balaban J connectivity index is 1.94. The van der Waals surface area contributed by atoms with Crippen LogP contribution in [0.15, 0.2) is 45.7 Å². The first-order valence-electron chi connectivity index (χ1n) is 6.01. The Hall–Kier alpha value is -2.78. The van der Waals surface area contributed by atoms with E-state index in [2.05, 4.69) is 11.4 Å². The molecule has 1 saturated heterocycles. The van der Waals surface area contributed by atoms with Gasteiger partial charge in [-0.25, -0.2) is 0 Å². The van der Waals surface area contributed by atoms with E-state index in [1.54, 1.807) is 30.3 Å². The Labute approximate surface area is 124 Å². The zero-order valence-electron chi connectivity index (χ0n) is 10.6. The van der Waals surface area contributed by atoms with Crippen LogP contribution in [0.25, 0.3) is 17.4 Å². The molecule has 1 fully saturated rings. The standard InChI is InChI=1S/C15H8N2O3S/c16-8-9-3-1-2-4-11(9)12-6-5-10(20-12)7-13-14(18)17-15(19)21-13/h1-7H,(H,17,18,19)/b13-7+. The molecule has 2 aromatic rings. The second-order valence-electron chi connectivity index (χ2n) is 4.21. The minimum atomic E-state index is -0.430. The summed E-state index contributed by atoms with van der Waals surface area (Å²) in [5, 5.41) is 10.9. The fourth-order valence-electron chi connectivity index (χ4n) is 1.92. The molecule has 0 unspecified atom stereocenters. The smallest absolute Gasteiger partial charge is 0.290 e. The predicted octanol–water partition coefficient (Wildman–Crippen LogP) is 3.14. The molecule has 2 heterocycles. The third kappa shape index (κ3) is 2.59. The van der Waals surface area contributed by atoms with Crippen molar-refractivity contribution in [3.05, 3.63) is 52.6 Å². The summed E-state index contributed by atoms with van der Waals surface area (Å²) in [4.78, 5) is 22.8. The number of benzene rings is 1. The molecule has 0 aliphatic carbocycles. The third-order valence-electron chi connectivity index (χ3n) is 2.86. The summed E-state index contributed by atoms with van der Waals surface area (Å²) >= 11 is 0.830. The molecule has 0 spiro atoms. The highest BCUT2D eigenvalue weighted by Crippen LogP contribution is 2.29. The minimum absolute atomic E-state index is 0.287. The first-order valence-corrected chi connectivity index (χ1v) is 6.83. The molecule has 6 heteroatoms. The van der Waals surface area contributed by atoms with E-state index in [4.69, 9.17) is 9.68 Å². The van der Waals surface area contributed by atoms with Gasteiger partial charge in [-0.3, -0.25) is 14.9 Å². The van der Waals surface area contributed by atoms with E-state index in [0.29, 0.717) is 22.6 Å². The lowest BCUT2D eigenvalue weighted by Gasteiger charge is -1.98. The lowest BCUT2D eigenvalue weighted by molar-refractivity contribution is -0.115. The highest BCUT2D eigenvalue weighted by molar-refractivity contribution is 8.18. The molecule has 0 radical (unpaired) electrons. The van der Waals surface area contributed by atoms with Crippen molar-refractivity contribution in [2.45, 2.75) is 0 Å². The van der Waals surface area contributed by atoms with E-state index < -0.39 is 11.1 Å². The second-order valence-corrected chi connectivity index (χ2v) is 5.23. The zero-order chi connectivity index (χ0) is 14.8. The number of rotatable bonds is 2. The quantitative estimate of drug-likeness (QED) is 0.861. The Morgan fingerprint density at radius 3 is 2.71 bits per heavy atom. The molecule has 0 atom stereocenters. The molecule has 0 bridgehead atoms. The normalized spacial score (nSPS) is 16.0. The number of nitrogens with zero attached hydrogens (tertiary/aromatic N) is 1. The predicted molar refractivity (Wildman–Crippen MR) is 78.0 cm³/mol. The van der Waals surface area contributed by atoms with Crippen LogP contribution in [0.2, 0.25) is 0 Å². The number of carbonyl (C=O) groups is 2.